The van der Waals surface area contributed by atoms with Crippen molar-refractivity contribution in [2.75, 3.05) is 27.3 Å². The minimum Gasteiger partial charge on any atom is -0.385 e. The number of ether oxygens (including phenoxy) is 1. The van der Waals surface area contributed by atoms with Crippen molar-refractivity contribution < 1.29 is 4.74 Å². The van der Waals surface area contributed by atoms with Gasteiger partial charge in [-0.15, -0.1) is 0 Å². The molecule has 0 atom stereocenters. The summed E-state index contributed by atoms with van der Waals surface area (Å²) < 4.78 is 5.02. The maximum absolute atomic E-state index is 12.0. The van der Waals surface area contributed by atoms with E-state index in [4.69, 9.17) is 16.3 Å². The Kier molecular flexibility index (Phi) is 5.11. The van der Waals surface area contributed by atoms with Crippen LogP contribution in [0.15, 0.2) is 23.0 Å². The monoisotopic (exact) mass is 295 g/mol. The van der Waals surface area contributed by atoms with Crippen LogP contribution in [0.4, 0.5) is 0 Å². The molecule has 0 unspecified atom stereocenters. The number of rotatable bonds is 6. The summed E-state index contributed by atoms with van der Waals surface area (Å²) in [5, 5.41) is 1.05. The van der Waals surface area contributed by atoms with Gasteiger partial charge >= 0.3 is 0 Å². The van der Waals surface area contributed by atoms with Crippen LogP contribution in [0.2, 0.25) is 5.02 Å². The number of hydrogen-bond donors (Lipinski definition) is 1. The van der Waals surface area contributed by atoms with Crippen LogP contribution < -0.4 is 5.56 Å². The zero-order chi connectivity index (χ0) is 14.5. The van der Waals surface area contributed by atoms with Crippen molar-refractivity contribution in [2.45, 2.75) is 13.0 Å². The number of nitrogens with one attached hydrogen (secondary N) is 1. The van der Waals surface area contributed by atoms with Crippen LogP contribution in [0.5, 0.6) is 0 Å². The van der Waals surface area contributed by atoms with Crippen molar-refractivity contribution in [1.29, 1.82) is 0 Å². The van der Waals surface area contributed by atoms with Crippen molar-refractivity contribution in [3.63, 3.8) is 0 Å². The summed E-state index contributed by atoms with van der Waals surface area (Å²) in [6, 6.07) is 5.14. The molecule has 1 N–H and O–H groups in total. The number of halogens is 1. The van der Waals surface area contributed by atoms with Gasteiger partial charge in [0, 0.05) is 25.3 Å². The second-order valence-electron chi connectivity index (χ2n) is 4.76. The lowest BCUT2D eigenvalue weighted by Gasteiger charge is -2.15. The van der Waals surface area contributed by atoms with Gasteiger partial charge < -0.3 is 9.72 Å². The van der Waals surface area contributed by atoms with E-state index in [9.17, 15) is 4.79 Å². The molecule has 0 spiro atoms. The Balaban J connectivity index is 2.15. The molecule has 0 aliphatic heterocycles. The predicted molar refractivity (Wildman–Crippen MR) is 80.2 cm³/mol. The van der Waals surface area contributed by atoms with Gasteiger partial charge in [-0.1, -0.05) is 11.6 Å². The normalized spacial score (nSPS) is 11.4. The van der Waals surface area contributed by atoms with Crippen molar-refractivity contribution in [1.82, 2.24) is 14.9 Å². The van der Waals surface area contributed by atoms with Crippen LogP contribution in [0.25, 0.3) is 10.9 Å². The van der Waals surface area contributed by atoms with Crippen LogP contribution in [0, 0.1) is 0 Å². The highest BCUT2D eigenvalue weighted by Crippen LogP contribution is 2.14. The van der Waals surface area contributed by atoms with Crippen molar-refractivity contribution in [3.05, 3.63) is 39.4 Å². The number of benzene rings is 1. The summed E-state index contributed by atoms with van der Waals surface area (Å²) in [7, 11) is 3.68. The first kappa shape index (κ1) is 15.0. The molecule has 20 heavy (non-hydrogen) atoms. The predicted octanol–water partition coefficient (Wildman–Crippen LogP) is 2.04. The molecule has 0 radical (unpaired) electrons. The summed E-state index contributed by atoms with van der Waals surface area (Å²) in [5.41, 5.74) is 0.510. The molecule has 2 aromatic rings. The van der Waals surface area contributed by atoms with Crippen LogP contribution >= 0.6 is 11.6 Å². The molecule has 0 aliphatic rings. The first-order valence-corrected chi connectivity index (χ1v) is 6.84. The maximum Gasteiger partial charge on any atom is 0.258 e. The standard InChI is InChI=1S/C14H18ClN3O2/c1-18(6-3-7-20-2)9-13-16-12-5-4-10(15)8-11(12)14(19)17-13/h4-5,8H,3,6-7,9H2,1-2H3,(H,16,17,19). The highest BCUT2D eigenvalue weighted by Gasteiger charge is 2.07. The largest absolute Gasteiger partial charge is 0.385 e. The molecule has 1 aromatic carbocycles. The van der Waals surface area contributed by atoms with Gasteiger partial charge in [-0.25, -0.2) is 4.98 Å². The molecule has 2 rings (SSSR count). The lowest BCUT2D eigenvalue weighted by atomic mass is 10.2. The number of aromatic nitrogens is 2. The fourth-order valence-electron chi connectivity index (χ4n) is 2.05. The fourth-order valence-corrected chi connectivity index (χ4v) is 2.22. The van der Waals surface area contributed by atoms with Crippen LogP contribution in [0.1, 0.15) is 12.2 Å². The van der Waals surface area contributed by atoms with Crippen LogP contribution in [-0.4, -0.2) is 42.2 Å². The molecule has 5 nitrogen and oxygen atoms in total. The average Bonchev–Trinajstić information content (AvgIpc) is 2.40. The Hall–Kier alpha value is -1.43. The van der Waals surface area contributed by atoms with E-state index in [-0.39, 0.29) is 5.56 Å². The lowest BCUT2D eigenvalue weighted by Crippen LogP contribution is -2.23. The van der Waals surface area contributed by atoms with E-state index >= 15 is 0 Å². The van der Waals surface area contributed by atoms with Gasteiger partial charge in [-0.3, -0.25) is 9.69 Å². The number of H-pyrrole nitrogens is 1. The first-order chi connectivity index (χ1) is 9.60. The van der Waals surface area contributed by atoms with Crippen molar-refractivity contribution in [3.8, 4) is 0 Å². The number of nitrogens with zero attached hydrogens (tertiary/aromatic N) is 2. The Morgan fingerprint density at radius 1 is 1.45 bits per heavy atom. The SMILES string of the molecule is COCCCN(C)Cc1nc2ccc(Cl)cc2c(=O)[nH]1. The van der Waals surface area contributed by atoms with Crippen LogP contribution in [-0.2, 0) is 11.3 Å². The summed E-state index contributed by atoms with van der Waals surface area (Å²) in [5.74, 6) is 0.657. The Morgan fingerprint density at radius 2 is 2.25 bits per heavy atom. The third-order valence-electron chi connectivity index (χ3n) is 3.02. The Labute approximate surface area is 122 Å². The van der Waals surface area contributed by atoms with Crippen molar-refractivity contribution in [2.24, 2.45) is 0 Å². The van der Waals surface area contributed by atoms with Gasteiger partial charge in [0.05, 0.1) is 17.4 Å². The number of aromatic amines is 1. The van der Waals surface area contributed by atoms with Gasteiger partial charge in [-0.2, -0.15) is 0 Å². The topological polar surface area (TPSA) is 58.2 Å². The van der Waals surface area contributed by atoms with Gasteiger partial charge in [-0.05, 0) is 31.7 Å². The molecule has 0 saturated carbocycles. The van der Waals surface area contributed by atoms with Crippen LogP contribution in [0.3, 0.4) is 0 Å². The number of fused-ring (bicyclic) bond motifs is 1. The first-order valence-electron chi connectivity index (χ1n) is 6.46. The summed E-state index contributed by atoms with van der Waals surface area (Å²) in [4.78, 5) is 21.4. The molecule has 6 heteroatoms. The Bertz CT molecular complexity index is 642. The van der Waals surface area contributed by atoms with Crippen molar-refractivity contribution >= 4 is 22.5 Å². The molecule has 0 saturated heterocycles. The molecular formula is C14H18ClN3O2. The second-order valence-corrected chi connectivity index (χ2v) is 5.19. The highest BCUT2D eigenvalue weighted by atomic mass is 35.5. The quantitative estimate of drug-likeness (QED) is 0.829. The lowest BCUT2D eigenvalue weighted by molar-refractivity contribution is 0.177. The molecule has 0 amide bonds. The third kappa shape index (κ3) is 3.79. The van der Waals surface area contributed by atoms with E-state index < -0.39 is 0 Å². The molecule has 1 heterocycles. The molecular weight excluding hydrogens is 278 g/mol. The van der Waals surface area contributed by atoms with Gasteiger partial charge in [0.15, 0.2) is 0 Å². The molecule has 1 aromatic heterocycles. The van der Waals surface area contributed by atoms with E-state index in [2.05, 4.69) is 14.9 Å². The highest BCUT2D eigenvalue weighted by molar-refractivity contribution is 6.31. The molecule has 0 aliphatic carbocycles. The van der Waals surface area contributed by atoms with E-state index in [0.29, 0.717) is 28.3 Å². The second kappa shape index (κ2) is 6.83. The number of methoxy groups -OCH3 is 1. The van der Waals surface area contributed by atoms with Gasteiger partial charge in [0.2, 0.25) is 0 Å². The zero-order valence-corrected chi connectivity index (χ0v) is 12.4. The molecule has 0 bridgehead atoms. The minimum atomic E-state index is -0.155. The Morgan fingerprint density at radius 3 is 3.00 bits per heavy atom. The maximum atomic E-state index is 12.0. The molecule has 0 fully saturated rings. The van der Waals surface area contributed by atoms with E-state index in [1.54, 1.807) is 25.3 Å². The summed E-state index contributed by atoms with van der Waals surface area (Å²) in [6.45, 7) is 2.21. The molecule has 108 valence electrons. The smallest absolute Gasteiger partial charge is 0.258 e. The van der Waals surface area contributed by atoms with E-state index in [1.807, 2.05) is 7.05 Å². The average molecular weight is 296 g/mol. The zero-order valence-electron chi connectivity index (χ0n) is 11.6. The number of hydrogen-bond acceptors (Lipinski definition) is 4. The fraction of sp³-hybridized carbons (Fsp3) is 0.429. The minimum absolute atomic E-state index is 0.155. The summed E-state index contributed by atoms with van der Waals surface area (Å²) >= 11 is 5.89. The van der Waals surface area contributed by atoms with Gasteiger partial charge in [0.1, 0.15) is 5.82 Å². The van der Waals surface area contributed by atoms with E-state index in [1.165, 1.54) is 0 Å². The summed E-state index contributed by atoms with van der Waals surface area (Å²) in [6.07, 6.45) is 0.945. The van der Waals surface area contributed by atoms with E-state index in [0.717, 1.165) is 19.6 Å². The third-order valence-corrected chi connectivity index (χ3v) is 3.26. The van der Waals surface area contributed by atoms with Gasteiger partial charge in [0.25, 0.3) is 5.56 Å².